The van der Waals surface area contributed by atoms with E-state index in [1.54, 1.807) is 0 Å². The minimum absolute atomic E-state index is 0.664. The Morgan fingerprint density at radius 3 is 2.71 bits per heavy atom. The number of hydrogen-bond donors (Lipinski definition) is 0. The summed E-state index contributed by atoms with van der Waals surface area (Å²) < 4.78 is 4.04. The molecule has 0 saturated carbocycles. The third-order valence-corrected chi connectivity index (χ3v) is 0.364. The number of nitrogens with zero attached hydrogens (tertiary/aromatic N) is 2. The third-order valence-electron chi connectivity index (χ3n) is 0.364. The lowest BCUT2D eigenvalue weighted by molar-refractivity contribution is -0.136. The summed E-state index contributed by atoms with van der Waals surface area (Å²) in [6.07, 6.45) is 0.667. The van der Waals surface area contributed by atoms with E-state index in [0.717, 1.165) is 0 Å². The van der Waals surface area contributed by atoms with Crippen LogP contribution in [0.2, 0.25) is 0 Å². The molecule has 0 saturated heterocycles. The maximum atomic E-state index is 9.88. The van der Waals surface area contributed by atoms with E-state index in [1.807, 2.05) is 0 Å². The van der Waals surface area contributed by atoms with Crippen LogP contribution in [-0.4, -0.2) is 24.1 Å². The van der Waals surface area contributed by atoms with Gasteiger partial charge in [0.05, 0.1) is 7.11 Å². The Morgan fingerprint density at radius 1 is 2.00 bits per heavy atom. The van der Waals surface area contributed by atoms with Crippen LogP contribution in [-0.2, 0) is 9.53 Å². The summed E-state index contributed by atoms with van der Waals surface area (Å²) in [5, 5.41) is 0. The molecular formula is C3H4N2O2. The first-order valence-corrected chi connectivity index (χ1v) is 1.56. The van der Waals surface area contributed by atoms with Crippen LogP contribution in [0.15, 0.2) is 0 Å². The van der Waals surface area contributed by atoms with Gasteiger partial charge in [-0.3, -0.25) is 0 Å². The Morgan fingerprint density at radius 2 is 2.57 bits per heavy atom. The lowest BCUT2D eigenvalue weighted by Gasteiger charge is -1.77. The van der Waals surface area contributed by atoms with Gasteiger partial charge in [0.25, 0.3) is 0 Å². The topological polar surface area (TPSA) is 62.7 Å². The summed E-state index contributed by atoms with van der Waals surface area (Å²) in [4.78, 5) is 12.3. The number of carbonyl (C=O) groups is 1. The highest BCUT2D eigenvalue weighted by atomic mass is 16.5. The standard InChI is InChI=1S/C3H4N2O2/c1-7-3(6)2-5-4/h2H,1H3. The Hall–Kier alpha value is -1.15. The molecule has 7 heavy (non-hydrogen) atoms. The molecule has 0 aromatic carbocycles. The van der Waals surface area contributed by atoms with E-state index in [0.29, 0.717) is 6.21 Å². The molecule has 4 heteroatoms. The summed E-state index contributed by atoms with van der Waals surface area (Å²) in [6.45, 7) is 0. The van der Waals surface area contributed by atoms with E-state index in [1.165, 1.54) is 7.11 Å². The fourth-order valence-electron chi connectivity index (χ4n) is 0.0998. The maximum absolute atomic E-state index is 9.88. The van der Waals surface area contributed by atoms with E-state index >= 15 is 0 Å². The van der Waals surface area contributed by atoms with Crippen molar-refractivity contribution in [3.05, 3.63) is 5.53 Å². The van der Waals surface area contributed by atoms with Crippen molar-refractivity contribution >= 4 is 12.2 Å². The van der Waals surface area contributed by atoms with Crippen LogP contribution in [0.5, 0.6) is 0 Å². The summed E-state index contributed by atoms with van der Waals surface area (Å²) in [5.41, 5.74) is 7.64. The maximum Gasteiger partial charge on any atom is 0.413 e. The van der Waals surface area contributed by atoms with Crippen LogP contribution in [0, 0.1) is 0 Å². The molecule has 0 radical (unpaired) electrons. The van der Waals surface area contributed by atoms with Gasteiger partial charge >= 0.3 is 12.2 Å². The quantitative estimate of drug-likeness (QED) is 0.192. The Kier molecular flexibility index (Phi) is 2.55. The summed E-state index contributed by atoms with van der Waals surface area (Å²) in [7, 11) is 1.20. The second kappa shape index (κ2) is 3.06. The molecule has 0 aliphatic carbocycles. The van der Waals surface area contributed by atoms with Crippen molar-refractivity contribution in [2.75, 3.05) is 7.11 Å². The number of carbonyl (C=O) groups excluding carboxylic acids is 1. The zero-order valence-corrected chi connectivity index (χ0v) is 3.79. The third kappa shape index (κ3) is 2.66. The van der Waals surface area contributed by atoms with Crippen LogP contribution in [0.4, 0.5) is 0 Å². The zero-order chi connectivity index (χ0) is 5.70. The molecule has 0 aromatic heterocycles. The molecule has 38 valence electrons. The van der Waals surface area contributed by atoms with Crippen molar-refractivity contribution in [1.82, 2.24) is 0 Å². The molecular weight excluding hydrogens is 96.0 g/mol. The van der Waals surface area contributed by atoms with Crippen molar-refractivity contribution in [2.45, 2.75) is 0 Å². The number of rotatable bonds is 1. The van der Waals surface area contributed by atoms with Crippen LogP contribution in [0.3, 0.4) is 0 Å². The molecule has 0 heterocycles. The summed E-state index contributed by atoms with van der Waals surface area (Å²) in [5.74, 6) is -0.664. The highest BCUT2D eigenvalue weighted by Gasteiger charge is 1.94. The van der Waals surface area contributed by atoms with Gasteiger partial charge in [0, 0.05) is 0 Å². The van der Waals surface area contributed by atoms with Crippen molar-refractivity contribution in [2.24, 2.45) is 0 Å². The number of hydrogen-bond acceptors (Lipinski definition) is 2. The lowest BCUT2D eigenvalue weighted by atomic mass is 10.8. The smallest absolute Gasteiger partial charge is 0.413 e. The monoisotopic (exact) mass is 100 g/mol. The molecule has 0 aromatic rings. The molecule has 0 N–H and O–H groups in total. The van der Waals surface area contributed by atoms with Gasteiger partial charge in [-0.05, 0) is 0 Å². The molecule has 0 fully saturated rings. The van der Waals surface area contributed by atoms with Crippen molar-refractivity contribution in [1.29, 1.82) is 0 Å². The minimum atomic E-state index is -0.664. The molecule has 0 aliphatic heterocycles. The van der Waals surface area contributed by atoms with Crippen LogP contribution < -0.4 is 0 Å². The van der Waals surface area contributed by atoms with Gasteiger partial charge in [-0.25, -0.2) is 4.79 Å². The first-order chi connectivity index (χ1) is 3.31. The van der Waals surface area contributed by atoms with Crippen molar-refractivity contribution in [3.8, 4) is 0 Å². The van der Waals surface area contributed by atoms with E-state index in [9.17, 15) is 4.79 Å². The highest BCUT2D eigenvalue weighted by molar-refractivity contribution is 6.20. The second-order valence-electron chi connectivity index (χ2n) is 0.768. The van der Waals surface area contributed by atoms with Crippen molar-refractivity contribution in [3.63, 3.8) is 0 Å². The van der Waals surface area contributed by atoms with Gasteiger partial charge < -0.3 is 10.3 Å². The van der Waals surface area contributed by atoms with Gasteiger partial charge in [-0.15, -0.1) is 0 Å². The Balaban J connectivity index is 3.58. The van der Waals surface area contributed by atoms with E-state index < -0.39 is 5.97 Å². The number of ether oxygens (including phenoxy) is 1. The first kappa shape index (κ1) is 5.85. The largest absolute Gasteiger partial charge is 0.461 e. The van der Waals surface area contributed by atoms with Crippen molar-refractivity contribution < 1.29 is 14.3 Å². The summed E-state index contributed by atoms with van der Waals surface area (Å²) >= 11 is 0. The predicted octanol–water partition coefficient (Wildman–Crippen LogP) is -0.540. The molecule has 0 aliphatic rings. The molecule has 0 bridgehead atoms. The lowest BCUT2D eigenvalue weighted by Crippen LogP contribution is -2.00. The molecule has 0 spiro atoms. The average molecular weight is 100 g/mol. The van der Waals surface area contributed by atoms with E-state index in [2.05, 4.69) is 9.53 Å². The molecule has 0 atom stereocenters. The number of esters is 1. The molecule has 4 nitrogen and oxygen atoms in total. The zero-order valence-electron chi connectivity index (χ0n) is 3.79. The first-order valence-electron chi connectivity index (χ1n) is 1.56. The molecule has 0 amide bonds. The average Bonchev–Trinajstić information content (AvgIpc) is 1.68. The fraction of sp³-hybridized carbons (Fsp3) is 0.333. The highest BCUT2D eigenvalue weighted by Crippen LogP contribution is 1.58. The van der Waals surface area contributed by atoms with Gasteiger partial charge in [0.2, 0.25) is 0 Å². The van der Waals surface area contributed by atoms with Crippen LogP contribution in [0.1, 0.15) is 0 Å². The van der Waals surface area contributed by atoms with E-state index in [-0.39, 0.29) is 0 Å². The van der Waals surface area contributed by atoms with Gasteiger partial charge in [0.15, 0.2) is 0 Å². The molecule has 0 rings (SSSR count). The minimum Gasteiger partial charge on any atom is -0.461 e. The fourth-order valence-corrected chi connectivity index (χ4v) is 0.0998. The Bertz CT molecular complexity index is 114. The molecule has 0 unspecified atom stereocenters. The van der Waals surface area contributed by atoms with Crippen LogP contribution in [0.25, 0.3) is 5.53 Å². The second-order valence-corrected chi connectivity index (χ2v) is 0.768. The predicted molar refractivity (Wildman–Crippen MR) is 21.7 cm³/mol. The van der Waals surface area contributed by atoms with Gasteiger partial charge in [0.1, 0.15) is 0 Å². The Labute approximate surface area is 40.3 Å². The SMILES string of the molecule is COC(=O)C=[N+]=[N-]. The van der Waals surface area contributed by atoms with Gasteiger partial charge in [-0.2, -0.15) is 4.79 Å². The normalized spacial score (nSPS) is 6.43. The van der Waals surface area contributed by atoms with Crippen LogP contribution >= 0.6 is 0 Å². The number of methoxy groups -OCH3 is 1. The van der Waals surface area contributed by atoms with Gasteiger partial charge in [-0.1, -0.05) is 0 Å². The summed E-state index contributed by atoms with van der Waals surface area (Å²) in [6, 6.07) is 0. The van der Waals surface area contributed by atoms with E-state index in [4.69, 9.17) is 5.53 Å².